The summed E-state index contributed by atoms with van der Waals surface area (Å²) >= 11 is 0. The van der Waals surface area contributed by atoms with E-state index in [-0.39, 0.29) is 30.3 Å². The maximum atomic E-state index is 12.5. The maximum absolute atomic E-state index is 12.5. The number of piperidine rings is 1. The molecule has 3 amide bonds. The number of carbonyl (C=O) groups excluding carboxylic acids is 2. The number of nitrogens with zero attached hydrogens (tertiary/aromatic N) is 4. The SMILES string of the molecule is CC(C)c1nc([C@H]2CCCN(C(=O)CN3CCCNC3=O)C2)no1. The highest BCUT2D eigenvalue weighted by Gasteiger charge is 2.30. The lowest BCUT2D eigenvalue weighted by atomic mass is 9.97. The summed E-state index contributed by atoms with van der Waals surface area (Å²) in [6.45, 7) is 6.80. The molecule has 0 bridgehead atoms. The van der Waals surface area contributed by atoms with E-state index < -0.39 is 0 Å². The van der Waals surface area contributed by atoms with Crippen LogP contribution < -0.4 is 5.32 Å². The molecule has 3 rings (SSSR count). The Kier molecular flexibility index (Phi) is 5.01. The summed E-state index contributed by atoms with van der Waals surface area (Å²) in [6, 6.07) is -0.150. The number of carbonyl (C=O) groups is 2. The second-order valence-corrected chi connectivity index (χ2v) is 6.83. The zero-order valence-electron chi connectivity index (χ0n) is 14.3. The maximum Gasteiger partial charge on any atom is 0.317 e. The molecule has 0 aromatic carbocycles. The van der Waals surface area contributed by atoms with Crippen LogP contribution in [0.1, 0.15) is 56.7 Å². The third kappa shape index (κ3) is 3.68. The zero-order valence-corrected chi connectivity index (χ0v) is 14.3. The van der Waals surface area contributed by atoms with Gasteiger partial charge < -0.3 is 19.6 Å². The molecule has 24 heavy (non-hydrogen) atoms. The van der Waals surface area contributed by atoms with Crippen molar-refractivity contribution in [3.8, 4) is 0 Å². The van der Waals surface area contributed by atoms with E-state index in [0.29, 0.717) is 31.3 Å². The molecule has 0 unspecified atom stereocenters. The van der Waals surface area contributed by atoms with Crippen molar-refractivity contribution in [1.29, 1.82) is 0 Å². The lowest BCUT2D eigenvalue weighted by molar-refractivity contribution is -0.133. The molecule has 0 spiro atoms. The van der Waals surface area contributed by atoms with Gasteiger partial charge in [-0.2, -0.15) is 4.98 Å². The van der Waals surface area contributed by atoms with Gasteiger partial charge in [0, 0.05) is 38.0 Å². The molecule has 1 aromatic rings. The van der Waals surface area contributed by atoms with Gasteiger partial charge in [0.05, 0.1) is 0 Å². The van der Waals surface area contributed by atoms with Crippen LogP contribution in [0.3, 0.4) is 0 Å². The van der Waals surface area contributed by atoms with Crippen LogP contribution in [0.5, 0.6) is 0 Å². The van der Waals surface area contributed by atoms with Crippen molar-refractivity contribution in [3.05, 3.63) is 11.7 Å². The standard InChI is InChI=1S/C16H25N5O3/c1-11(2)15-18-14(19-24-15)12-5-3-7-20(9-12)13(22)10-21-8-4-6-17-16(21)23/h11-12H,3-10H2,1-2H3,(H,17,23)/t12-/m0/s1. The first-order valence-electron chi connectivity index (χ1n) is 8.68. The average Bonchev–Trinajstić information content (AvgIpc) is 3.07. The third-order valence-corrected chi connectivity index (χ3v) is 4.58. The summed E-state index contributed by atoms with van der Waals surface area (Å²) in [6.07, 6.45) is 2.74. The minimum absolute atomic E-state index is 0.00988. The highest BCUT2D eigenvalue weighted by molar-refractivity contribution is 5.84. The number of rotatable bonds is 4. The van der Waals surface area contributed by atoms with Crippen molar-refractivity contribution < 1.29 is 14.1 Å². The molecule has 2 aliphatic heterocycles. The van der Waals surface area contributed by atoms with Gasteiger partial charge in [-0.3, -0.25) is 4.79 Å². The van der Waals surface area contributed by atoms with Crippen LogP contribution in [0.2, 0.25) is 0 Å². The molecule has 8 heteroatoms. The molecule has 1 aromatic heterocycles. The molecule has 0 radical (unpaired) electrons. The number of hydrogen-bond acceptors (Lipinski definition) is 5. The van der Waals surface area contributed by atoms with Crippen molar-refractivity contribution in [2.75, 3.05) is 32.7 Å². The van der Waals surface area contributed by atoms with Gasteiger partial charge in [0.2, 0.25) is 11.8 Å². The third-order valence-electron chi connectivity index (χ3n) is 4.58. The summed E-state index contributed by atoms with van der Waals surface area (Å²) < 4.78 is 5.28. The van der Waals surface area contributed by atoms with Crippen LogP contribution in [0.25, 0.3) is 0 Å². The molecule has 132 valence electrons. The largest absolute Gasteiger partial charge is 0.340 e. The van der Waals surface area contributed by atoms with E-state index in [1.54, 1.807) is 4.90 Å². The molecule has 2 aliphatic rings. The first-order valence-corrected chi connectivity index (χ1v) is 8.68. The summed E-state index contributed by atoms with van der Waals surface area (Å²) in [7, 11) is 0. The van der Waals surface area contributed by atoms with Gasteiger partial charge in [-0.25, -0.2) is 4.79 Å². The van der Waals surface area contributed by atoms with Gasteiger partial charge in [-0.1, -0.05) is 19.0 Å². The van der Waals surface area contributed by atoms with E-state index in [1.807, 2.05) is 18.7 Å². The van der Waals surface area contributed by atoms with E-state index in [9.17, 15) is 9.59 Å². The van der Waals surface area contributed by atoms with Crippen molar-refractivity contribution in [2.45, 2.75) is 44.9 Å². The smallest absolute Gasteiger partial charge is 0.317 e. The quantitative estimate of drug-likeness (QED) is 0.896. The fraction of sp³-hybridized carbons (Fsp3) is 0.750. The normalized spacial score (nSPS) is 22.0. The predicted octanol–water partition coefficient (Wildman–Crippen LogP) is 1.31. The summed E-state index contributed by atoms with van der Waals surface area (Å²) in [5.74, 6) is 1.62. The van der Waals surface area contributed by atoms with Crippen molar-refractivity contribution >= 4 is 11.9 Å². The minimum Gasteiger partial charge on any atom is -0.340 e. The van der Waals surface area contributed by atoms with Crippen LogP contribution in [0.15, 0.2) is 4.52 Å². The van der Waals surface area contributed by atoms with Crippen LogP contribution in [0.4, 0.5) is 4.79 Å². The number of likely N-dealkylation sites (tertiary alicyclic amines) is 1. The number of amides is 3. The van der Waals surface area contributed by atoms with Crippen LogP contribution in [0, 0.1) is 0 Å². The van der Waals surface area contributed by atoms with Gasteiger partial charge in [0.25, 0.3) is 0 Å². The van der Waals surface area contributed by atoms with Crippen LogP contribution >= 0.6 is 0 Å². The van der Waals surface area contributed by atoms with E-state index in [1.165, 1.54) is 0 Å². The monoisotopic (exact) mass is 335 g/mol. The number of nitrogens with one attached hydrogen (secondary N) is 1. The molecule has 0 saturated carbocycles. The second kappa shape index (κ2) is 7.19. The lowest BCUT2D eigenvalue weighted by Gasteiger charge is -2.34. The Morgan fingerprint density at radius 1 is 1.38 bits per heavy atom. The topological polar surface area (TPSA) is 91.6 Å². The molecule has 0 aliphatic carbocycles. The fourth-order valence-electron chi connectivity index (χ4n) is 3.15. The first-order chi connectivity index (χ1) is 11.5. The van der Waals surface area contributed by atoms with Gasteiger partial charge in [0.1, 0.15) is 6.54 Å². The van der Waals surface area contributed by atoms with Gasteiger partial charge in [0.15, 0.2) is 5.82 Å². The highest BCUT2D eigenvalue weighted by Crippen LogP contribution is 2.26. The van der Waals surface area contributed by atoms with Crippen LogP contribution in [-0.2, 0) is 4.79 Å². The first kappa shape index (κ1) is 16.7. The Morgan fingerprint density at radius 2 is 2.21 bits per heavy atom. The molecule has 1 N–H and O–H groups in total. The Balaban J connectivity index is 1.60. The van der Waals surface area contributed by atoms with E-state index in [0.717, 1.165) is 25.8 Å². The van der Waals surface area contributed by atoms with E-state index in [4.69, 9.17) is 4.52 Å². The van der Waals surface area contributed by atoms with Crippen molar-refractivity contribution in [1.82, 2.24) is 25.3 Å². The number of aromatic nitrogens is 2. The molecule has 2 fully saturated rings. The highest BCUT2D eigenvalue weighted by atomic mass is 16.5. The van der Waals surface area contributed by atoms with E-state index >= 15 is 0 Å². The second-order valence-electron chi connectivity index (χ2n) is 6.83. The molecule has 8 nitrogen and oxygen atoms in total. The van der Waals surface area contributed by atoms with Gasteiger partial charge >= 0.3 is 6.03 Å². The van der Waals surface area contributed by atoms with Gasteiger partial charge in [-0.15, -0.1) is 0 Å². The Labute approximate surface area is 141 Å². The molecule has 3 heterocycles. The van der Waals surface area contributed by atoms with E-state index in [2.05, 4.69) is 15.5 Å². The minimum atomic E-state index is -0.150. The summed E-state index contributed by atoms with van der Waals surface area (Å²) in [5.41, 5.74) is 0. The number of urea groups is 1. The predicted molar refractivity (Wildman–Crippen MR) is 86.5 cm³/mol. The fourth-order valence-corrected chi connectivity index (χ4v) is 3.15. The van der Waals surface area contributed by atoms with Crippen molar-refractivity contribution in [2.24, 2.45) is 0 Å². The Morgan fingerprint density at radius 3 is 2.92 bits per heavy atom. The molecular formula is C16H25N5O3. The molecular weight excluding hydrogens is 310 g/mol. The number of hydrogen-bond donors (Lipinski definition) is 1. The summed E-state index contributed by atoms with van der Waals surface area (Å²) in [4.78, 5) is 32.2. The molecule has 2 saturated heterocycles. The summed E-state index contributed by atoms with van der Waals surface area (Å²) in [5, 5.41) is 6.86. The van der Waals surface area contributed by atoms with Gasteiger partial charge in [-0.05, 0) is 19.3 Å². The Bertz CT molecular complexity index is 600. The lowest BCUT2D eigenvalue weighted by Crippen LogP contribution is -2.51. The average molecular weight is 335 g/mol. The Hall–Kier alpha value is -2.12. The zero-order chi connectivity index (χ0) is 17.1. The van der Waals surface area contributed by atoms with Crippen LogP contribution in [-0.4, -0.2) is 64.6 Å². The van der Waals surface area contributed by atoms with Crippen molar-refractivity contribution in [3.63, 3.8) is 0 Å². The molecule has 1 atom stereocenters.